The zero-order chi connectivity index (χ0) is 13.5. The molecule has 0 atom stereocenters. The molecule has 1 heterocycles. The summed E-state index contributed by atoms with van der Waals surface area (Å²) < 4.78 is 7.25. The second-order valence-electron chi connectivity index (χ2n) is 3.98. The standard InChI is InChI=1S/C14H15N3O2/c1-17-10-13(15-16-17)11-19-14-7-4-6-12(9-14)5-2-3-8-18/h4,6-7,9-10,18H,3,8,11H2,1H3. The highest BCUT2D eigenvalue weighted by Gasteiger charge is 2.00. The van der Waals surface area contributed by atoms with Gasteiger partial charge < -0.3 is 9.84 Å². The number of benzene rings is 1. The predicted molar refractivity (Wildman–Crippen MR) is 70.4 cm³/mol. The third-order valence-electron chi connectivity index (χ3n) is 2.34. The highest BCUT2D eigenvalue weighted by Crippen LogP contribution is 2.14. The van der Waals surface area contributed by atoms with E-state index in [9.17, 15) is 0 Å². The first-order chi connectivity index (χ1) is 9.28. The van der Waals surface area contributed by atoms with Crippen LogP contribution in [0, 0.1) is 11.8 Å². The number of aliphatic hydroxyl groups excluding tert-OH is 1. The minimum Gasteiger partial charge on any atom is -0.487 e. The van der Waals surface area contributed by atoms with Crippen LogP contribution in [-0.4, -0.2) is 26.7 Å². The van der Waals surface area contributed by atoms with E-state index in [1.54, 1.807) is 4.68 Å². The first kappa shape index (κ1) is 13.1. The van der Waals surface area contributed by atoms with Gasteiger partial charge in [0.25, 0.3) is 0 Å². The van der Waals surface area contributed by atoms with Crippen LogP contribution in [0.1, 0.15) is 17.7 Å². The normalized spacial score (nSPS) is 9.79. The molecule has 0 saturated carbocycles. The van der Waals surface area contributed by atoms with Crippen LogP contribution in [0.25, 0.3) is 0 Å². The number of hydrogen-bond donors (Lipinski definition) is 1. The van der Waals surface area contributed by atoms with Gasteiger partial charge in [-0.05, 0) is 18.2 Å². The number of aryl methyl sites for hydroxylation is 1. The van der Waals surface area contributed by atoms with Crippen molar-refractivity contribution in [3.8, 4) is 17.6 Å². The van der Waals surface area contributed by atoms with Crippen LogP contribution >= 0.6 is 0 Å². The molecule has 0 fully saturated rings. The van der Waals surface area contributed by atoms with Gasteiger partial charge in [-0.3, -0.25) is 4.68 Å². The monoisotopic (exact) mass is 257 g/mol. The summed E-state index contributed by atoms with van der Waals surface area (Å²) in [5.74, 6) is 6.58. The lowest BCUT2D eigenvalue weighted by Gasteiger charge is -2.03. The molecule has 0 spiro atoms. The number of aromatic nitrogens is 3. The van der Waals surface area contributed by atoms with E-state index in [2.05, 4.69) is 22.2 Å². The van der Waals surface area contributed by atoms with Crippen LogP contribution in [0.3, 0.4) is 0 Å². The largest absolute Gasteiger partial charge is 0.487 e. The number of hydrogen-bond acceptors (Lipinski definition) is 4. The lowest BCUT2D eigenvalue weighted by Crippen LogP contribution is -1.96. The molecule has 2 aromatic rings. The third kappa shape index (κ3) is 4.12. The summed E-state index contributed by atoms with van der Waals surface area (Å²) in [7, 11) is 1.81. The van der Waals surface area contributed by atoms with Crippen molar-refractivity contribution in [3.05, 3.63) is 41.7 Å². The Morgan fingerprint density at radius 3 is 3.05 bits per heavy atom. The first-order valence-electron chi connectivity index (χ1n) is 5.96. The van der Waals surface area contributed by atoms with Crippen LogP contribution < -0.4 is 4.74 Å². The Kier molecular flexibility index (Phi) is 4.54. The Balaban J connectivity index is 1.97. The predicted octanol–water partition coefficient (Wildman–Crippen LogP) is 1.13. The molecule has 1 aromatic heterocycles. The molecule has 0 aliphatic heterocycles. The molecule has 0 aliphatic rings. The maximum Gasteiger partial charge on any atom is 0.134 e. The Bertz CT molecular complexity index is 596. The van der Waals surface area contributed by atoms with E-state index in [-0.39, 0.29) is 6.61 Å². The summed E-state index contributed by atoms with van der Waals surface area (Å²) in [6.45, 7) is 0.456. The zero-order valence-electron chi connectivity index (χ0n) is 10.7. The molecule has 0 amide bonds. The van der Waals surface area contributed by atoms with Crippen molar-refractivity contribution in [1.29, 1.82) is 0 Å². The van der Waals surface area contributed by atoms with Gasteiger partial charge in [0.1, 0.15) is 18.1 Å². The van der Waals surface area contributed by atoms with Crippen molar-refractivity contribution >= 4 is 0 Å². The number of ether oxygens (including phenoxy) is 1. The lowest BCUT2D eigenvalue weighted by atomic mass is 10.2. The Hall–Kier alpha value is -2.32. The summed E-state index contributed by atoms with van der Waals surface area (Å²) in [5, 5.41) is 16.5. The van der Waals surface area contributed by atoms with E-state index < -0.39 is 0 Å². The molecule has 1 aromatic carbocycles. The second-order valence-corrected chi connectivity index (χ2v) is 3.98. The molecular formula is C14H15N3O2. The van der Waals surface area contributed by atoms with Crippen molar-refractivity contribution in [2.45, 2.75) is 13.0 Å². The third-order valence-corrected chi connectivity index (χ3v) is 2.34. The Labute approximate surface area is 111 Å². The van der Waals surface area contributed by atoms with Gasteiger partial charge in [0.15, 0.2) is 0 Å². The fourth-order valence-electron chi connectivity index (χ4n) is 1.50. The van der Waals surface area contributed by atoms with Gasteiger partial charge in [-0.15, -0.1) is 5.10 Å². The van der Waals surface area contributed by atoms with E-state index in [0.717, 1.165) is 17.0 Å². The van der Waals surface area contributed by atoms with E-state index >= 15 is 0 Å². The molecule has 5 heteroatoms. The van der Waals surface area contributed by atoms with Crippen LogP contribution in [0.2, 0.25) is 0 Å². The summed E-state index contributed by atoms with van der Waals surface area (Å²) in [4.78, 5) is 0. The van der Waals surface area contributed by atoms with Crippen LogP contribution in [0.15, 0.2) is 30.5 Å². The zero-order valence-corrected chi connectivity index (χ0v) is 10.7. The summed E-state index contributed by atoms with van der Waals surface area (Å²) in [6, 6.07) is 7.52. The molecule has 0 bridgehead atoms. The van der Waals surface area contributed by atoms with Crippen LogP contribution in [0.5, 0.6) is 5.75 Å². The molecule has 0 radical (unpaired) electrons. The van der Waals surface area contributed by atoms with Gasteiger partial charge >= 0.3 is 0 Å². The SMILES string of the molecule is Cn1cc(COc2cccc(C#CCCO)c2)nn1. The van der Waals surface area contributed by atoms with Gasteiger partial charge in [-0.25, -0.2) is 0 Å². The molecule has 98 valence electrons. The van der Waals surface area contributed by atoms with Crippen LogP contribution in [0.4, 0.5) is 0 Å². The number of aliphatic hydroxyl groups is 1. The second kappa shape index (κ2) is 6.57. The van der Waals surface area contributed by atoms with Crippen LogP contribution in [-0.2, 0) is 13.7 Å². The van der Waals surface area contributed by atoms with Gasteiger partial charge in [0.05, 0.1) is 12.8 Å². The van der Waals surface area contributed by atoms with Gasteiger partial charge in [0.2, 0.25) is 0 Å². The highest BCUT2D eigenvalue weighted by atomic mass is 16.5. The molecule has 0 aliphatic carbocycles. The minimum atomic E-state index is 0.0792. The van der Waals surface area contributed by atoms with Crippen molar-refractivity contribution in [1.82, 2.24) is 15.0 Å². The Morgan fingerprint density at radius 2 is 2.32 bits per heavy atom. The molecule has 2 rings (SSSR count). The number of rotatable bonds is 4. The molecular weight excluding hydrogens is 242 g/mol. The molecule has 19 heavy (non-hydrogen) atoms. The van der Waals surface area contributed by atoms with Crippen molar-refractivity contribution in [2.24, 2.45) is 7.05 Å². The fourth-order valence-corrected chi connectivity index (χ4v) is 1.50. The number of nitrogens with zero attached hydrogens (tertiary/aromatic N) is 3. The van der Waals surface area contributed by atoms with E-state index in [1.807, 2.05) is 37.5 Å². The smallest absolute Gasteiger partial charge is 0.134 e. The van der Waals surface area contributed by atoms with Gasteiger partial charge in [-0.1, -0.05) is 23.1 Å². The average Bonchev–Trinajstić information content (AvgIpc) is 2.83. The molecule has 0 unspecified atom stereocenters. The molecule has 5 nitrogen and oxygen atoms in total. The van der Waals surface area contributed by atoms with Crippen molar-refractivity contribution in [2.75, 3.05) is 6.61 Å². The highest BCUT2D eigenvalue weighted by molar-refractivity contribution is 5.39. The van der Waals surface area contributed by atoms with E-state index in [1.165, 1.54) is 0 Å². The molecule has 0 saturated heterocycles. The maximum absolute atomic E-state index is 8.67. The van der Waals surface area contributed by atoms with Crippen molar-refractivity contribution < 1.29 is 9.84 Å². The van der Waals surface area contributed by atoms with Crippen molar-refractivity contribution in [3.63, 3.8) is 0 Å². The summed E-state index contributed by atoms with van der Waals surface area (Å²) >= 11 is 0. The van der Waals surface area contributed by atoms with E-state index in [4.69, 9.17) is 9.84 Å². The maximum atomic E-state index is 8.67. The van der Waals surface area contributed by atoms with E-state index in [0.29, 0.717) is 13.0 Å². The quantitative estimate of drug-likeness (QED) is 0.834. The first-order valence-corrected chi connectivity index (χ1v) is 5.96. The summed E-state index contributed by atoms with van der Waals surface area (Å²) in [5.41, 5.74) is 1.64. The van der Waals surface area contributed by atoms with Gasteiger partial charge in [0, 0.05) is 19.0 Å². The average molecular weight is 257 g/mol. The fraction of sp³-hybridized carbons (Fsp3) is 0.286. The topological polar surface area (TPSA) is 60.2 Å². The Morgan fingerprint density at radius 1 is 1.42 bits per heavy atom. The summed E-state index contributed by atoms with van der Waals surface area (Å²) in [6.07, 6.45) is 2.29. The minimum absolute atomic E-state index is 0.0792. The van der Waals surface area contributed by atoms with Gasteiger partial charge in [-0.2, -0.15) is 0 Å². The lowest BCUT2D eigenvalue weighted by molar-refractivity contribution is 0.301. The molecule has 1 N–H and O–H groups in total.